The highest BCUT2D eigenvalue weighted by Gasteiger charge is 2.47. The van der Waals surface area contributed by atoms with Gasteiger partial charge in [0.15, 0.2) is 0 Å². The van der Waals surface area contributed by atoms with Gasteiger partial charge in [0.05, 0.1) is 19.6 Å². The molecule has 0 bridgehead atoms. The molecule has 2 rings (SSSR count). The Bertz CT molecular complexity index is 209. The first-order valence-electron chi connectivity index (χ1n) is 6.81. The smallest absolute Gasteiger partial charge is 0.135 e. The summed E-state index contributed by atoms with van der Waals surface area (Å²) in [5, 5.41) is 0. The van der Waals surface area contributed by atoms with Gasteiger partial charge in [-0.1, -0.05) is 13.8 Å². The van der Waals surface area contributed by atoms with E-state index >= 15 is 0 Å². The van der Waals surface area contributed by atoms with Crippen LogP contribution in [0.3, 0.4) is 0 Å². The molecule has 2 fully saturated rings. The van der Waals surface area contributed by atoms with Gasteiger partial charge in [0, 0.05) is 18.9 Å². The third-order valence-electron chi connectivity index (χ3n) is 4.83. The van der Waals surface area contributed by atoms with Gasteiger partial charge in [-0.05, 0) is 19.8 Å². The molecule has 2 saturated heterocycles. The van der Waals surface area contributed by atoms with Crippen LogP contribution in [0.25, 0.3) is 0 Å². The van der Waals surface area contributed by atoms with Crippen LogP contribution in [0.4, 0.5) is 0 Å². The summed E-state index contributed by atoms with van der Waals surface area (Å²) in [6, 6.07) is 1.72. The number of rotatable bonds is 3. The quantitative estimate of drug-likeness (QED) is 0.648. The van der Waals surface area contributed by atoms with Crippen molar-refractivity contribution in [1.29, 1.82) is 0 Å². The number of quaternary nitrogens is 1. The fourth-order valence-electron chi connectivity index (χ4n) is 3.54. The van der Waals surface area contributed by atoms with Crippen LogP contribution in [0.5, 0.6) is 0 Å². The summed E-state index contributed by atoms with van der Waals surface area (Å²) in [6.07, 6.45) is 5.60. The predicted molar refractivity (Wildman–Crippen MR) is 64.6 cm³/mol. The van der Waals surface area contributed by atoms with Crippen molar-refractivity contribution in [3.05, 3.63) is 0 Å². The van der Waals surface area contributed by atoms with E-state index in [1.54, 1.807) is 0 Å². The summed E-state index contributed by atoms with van der Waals surface area (Å²) in [6.45, 7) is 12.7. The Morgan fingerprint density at radius 2 is 1.93 bits per heavy atom. The fourth-order valence-corrected chi connectivity index (χ4v) is 3.54. The molecule has 2 aliphatic rings. The molecular formula is C13H27N2+. The molecule has 0 aromatic heterocycles. The molecule has 0 aromatic rings. The molecule has 2 heterocycles. The van der Waals surface area contributed by atoms with Crippen LogP contribution < -0.4 is 0 Å². The molecule has 2 heteroatoms. The van der Waals surface area contributed by atoms with E-state index in [4.69, 9.17) is 0 Å². The summed E-state index contributed by atoms with van der Waals surface area (Å²) in [5.41, 5.74) is 0. The van der Waals surface area contributed by atoms with Crippen LogP contribution in [0.1, 0.15) is 46.5 Å². The van der Waals surface area contributed by atoms with Crippen LogP contribution in [-0.4, -0.2) is 47.8 Å². The molecular weight excluding hydrogens is 184 g/mol. The Balaban J connectivity index is 2.06. The summed E-state index contributed by atoms with van der Waals surface area (Å²) < 4.78 is 1.43. The molecule has 2 atom stereocenters. The van der Waals surface area contributed by atoms with E-state index in [1.807, 2.05) is 0 Å². The minimum atomic E-state index is 0.789. The third-order valence-corrected chi connectivity index (χ3v) is 4.83. The Labute approximate surface area is 94.8 Å². The lowest BCUT2D eigenvalue weighted by Crippen LogP contribution is -2.50. The highest BCUT2D eigenvalue weighted by Crippen LogP contribution is 2.32. The number of hydrogen-bond donors (Lipinski definition) is 0. The van der Waals surface area contributed by atoms with Gasteiger partial charge in [-0.25, -0.2) is 4.90 Å². The van der Waals surface area contributed by atoms with Crippen molar-refractivity contribution in [3.8, 4) is 0 Å². The van der Waals surface area contributed by atoms with E-state index in [0.717, 1.165) is 12.1 Å². The highest BCUT2D eigenvalue weighted by molar-refractivity contribution is 4.78. The fraction of sp³-hybridized carbons (Fsp3) is 1.00. The van der Waals surface area contributed by atoms with Crippen LogP contribution >= 0.6 is 0 Å². The van der Waals surface area contributed by atoms with Gasteiger partial charge < -0.3 is 4.48 Å². The molecule has 2 nitrogen and oxygen atoms in total. The lowest BCUT2D eigenvalue weighted by molar-refractivity contribution is -0.931. The zero-order chi connectivity index (χ0) is 10.9. The van der Waals surface area contributed by atoms with E-state index in [9.17, 15) is 0 Å². The van der Waals surface area contributed by atoms with E-state index < -0.39 is 0 Å². The first-order valence-corrected chi connectivity index (χ1v) is 6.81. The molecule has 0 radical (unpaired) electrons. The van der Waals surface area contributed by atoms with Gasteiger partial charge in [-0.3, -0.25) is 0 Å². The van der Waals surface area contributed by atoms with Crippen molar-refractivity contribution in [3.63, 3.8) is 0 Å². The zero-order valence-corrected chi connectivity index (χ0v) is 10.7. The standard InChI is InChI=1S/C13H27N2/c1-4-12(3)14-10-13(5-2)15(11-14)8-6-7-9-15/h12-13H,4-11H2,1-3H3/q+1. The van der Waals surface area contributed by atoms with Crippen LogP contribution in [-0.2, 0) is 0 Å². The molecule has 0 aromatic carbocycles. The number of hydrogen-bond acceptors (Lipinski definition) is 1. The van der Waals surface area contributed by atoms with Gasteiger partial charge in [0.25, 0.3) is 0 Å². The van der Waals surface area contributed by atoms with Gasteiger partial charge in [0.1, 0.15) is 12.7 Å². The summed E-state index contributed by atoms with van der Waals surface area (Å²) in [7, 11) is 0. The first kappa shape index (κ1) is 11.4. The largest absolute Gasteiger partial charge is 0.308 e. The van der Waals surface area contributed by atoms with Gasteiger partial charge in [0.2, 0.25) is 0 Å². The van der Waals surface area contributed by atoms with Crippen molar-refractivity contribution < 1.29 is 4.48 Å². The van der Waals surface area contributed by atoms with E-state index in [1.165, 1.54) is 56.5 Å². The Morgan fingerprint density at radius 3 is 2.47 bits per heavy atom. The van der Waals surface area contributed by atoms with Crippen molar-refractivity contribution in [1.82, 2.24) is 4.90 Å². The molecule has 0 aliphatic carbocycles. The maximum Gasteiger partial charge on any atom is 0.135 e. The highest BCUT2D eigenvalue weighted by atomic mass is 15.5. The van der Waals surface area contributed by atoms with Crippen molar-refractivity contribution in [2.45, 2.75) is 58.5 Å². The number of nitrogens with zero attached hydrogens (tertiary/aromatic N) is 2. The summed E-state index contributed by atoms with van der Waals surface area (Å²) >= 11 is 0. The maximum absolute atomic E-state index is 2.74. The first-order chi connectivity index (χ1) is 7.22. The molecule has 88 valence electrons. The maximum atomic E-state index is 2.74. The van der Waals surface area contributed by atoms with Crippen LogP contribution in [0.15, 0.2) is 0 Å². The molecule has 1 spiro atoms. The van der Waals surface area contributed by atoms with Crippen molar-refractivity contribution >= 4 is 0 Å². The molecule has 2 unspecified atom stereocenters. The second-order valence-corrected chi connectivity index (χ2v) is 5.60. The lowest BCUT2D eigenvalue weighted by Gasteiger charge is -2.35. The van der Waals surface area contributed by atoms with Gasteiger partial charge in [-0.2, -0.15) is 0 Å². The monoisotopic (exact) mass is 211 g/mol. The van der Waals surface area contributed by atoms with Gasteiger partial charge in [-0.15, -0.1) is 0 Å². The van der Waals surface area contributed by atoms with Crippen molar-refractivity contribution in [2.24, 2.45) is 0 Å². The van der Waals surface area contributed by atoms with Crippen LogP contribution in [0.2, 0.25) is 0 Å². The second kappa shape index (κ2) is 4.42. The Kier molecular flexibility index (Phi) is 3.36. The van der Waals surface area contributed by atoms with E-state index in [2.05, 4.69) is 25.7 Å². The minimum absolute atomic E-state index is 0.789. The average Bonchev–Trinajstić information content (AvgIpc) is 2.86. The molecule has 0 N–H and O–H groups in total. The van der Waals surface area contributed by atoms with Crippen LogP contribution in [0, 0.1) is 0 Å². The van der Waals surface area contributed by atoms with E-state index in [-0.39, 0.29) is 0 Å². The molecule has 0 saturated carbocycles. The minimum Gasteiger partial charge on any atom is -0.308 e. The van der Waals surface area contributed by atoms with E-state index in [0.29, 0.717) is 0 Å². The van der Waals surface area contributed by atoms with Crippen molar-refractivity contribution in [2.75, 3.05) is 26.3 Å². The predicted octanol–water partition coefficient (Wildman–Crippen LogP) is 2.45. The Hall–Kier alpha value is -0.0800. The topological polar surface area (TPSA) is 3.24 Å². The SMILES string of the molecule is CCC(C)N1CC(CC)[N+]2(CCCC2)C1. The second-order valence-electron chi connectivity index (χ2n) is 5.60. The average molecular weight is 211 g/mol. The summed E-state index contributed by atoms with van der Waals surface area (Å²) in [5.74, 6) is 0. The molecule has 15 heavy (non-hydrogen) atoms. The zero-order valence-electron chi connectivity index (χ0n) is 10.7. The summed E-state index contributed by atoms with van der Waals surface area (Å²) in [4.78, 5) is 2.74. The normalized spacial score (nSPS) is 32.6. The lowest BCUT2D eigenvalue weighted by atomic mass is 10.1. The molecule has 2 aliphatic heterocycles. The van der Waals surface area contributed by atoms with Gasteiger partial charge >= 0.3 is 0 Å². The Morgan fingerprint density at radius 1 is 1.27 bits per heavy atom. The molecule has 0 amide bonds. The third kappa shape index (κ3) is 1.94.